The number of nitrogens with zero attached hydrogens (tertiary/aromatic N) is 2. The van der Waals surface area contributed by atoms with Crippen LogP contribution in [-0.2, 0) is 6.54 Å². The maximum absolute atomic E-state index is 12.3. The fourth-order valence-electron chi connectivity index (χ4n) is 2.03. The van der Waals surface area contributed by atoms with Gasteiger partial charge in [-0.25, -0.2) is 4.68 Å². The highest BCUT2D eigenvalue weighted by molar-refractivity contribution is 6.03. The third-order valence-electron chi connectivity index (χ3n) is 3.19. The van der Waals surface area contributed by atoms with E-state index in [1.807, 2.05) is 6.92 Å². The number of carbonyl (C=O) groups is 1. The zero-order valence-corrected chi connectivity index (χ0v) is 13.3. The lowest BCUT2D eigenvalue weighted by atomic mass is 10.2. The zero-order valence-electron chi connectivity index (χ0n) is 13.3. The first-order valence-electron chi connectivity index (χ1n) is 7.20. The van der Waals surface area contributed by atoms with Crippen LogP contribution in [-0.4, -0.2) is 29.9 Å². The molecule has 0 saturated carbocycles. The van der Waals surface area contributed by atoms with Crippen molar-refractivity contribution < 1.29 is 14.3 Å². The molecule has 0 radical (unpaired) electrons. The summed E-state index contributed by atoms with van der Waals surface area (Å²) in [5, 5.41) is 6.79. The van der Waals surface area contributed by atoms with Crippen molar-refractivity contribution in [3.05, 3.63) is 46.4 Å². The van der Waals surface area contributed by atoms with Crippen LogP contribution in [0.3, 0.4) is 0 Å². The van der Waals surface area contributed by atoms with Crippen molar-refractivity contribution in [2.24, 2.45) is 0 Å². The van der Waals surface area contributed by atoms with Crippen LogP contribution >= 0.6 is 0 Å². The number of benzene rings is 1. The monoisotopic (exact) mass is 317 g/mol. The van der Waals surface area contributed by atoms with Gasteiger partial charge in [0.05, 0.1) is 19.9 Å². The van der Waals surface area contributed by atoms with Crippen molar-refractivity contribution >= 4 is 11.6 Å². The standard InChI is InChI=1S/C16H19N3O4/c1-4-9-19-15(20)8-7-13(18-19)16(21)17-12-6-5-11(22-2)10-14(12)23-3/h5-8,10H,4,9H2,1-3H3,(H,17,21). The molecule has 0 aliphatic heterocycles. The number of anilines is 1. The summed E-state index contributed by atoms with van der Waals surface area (Å²) in [6.45, 7) is 2.40. The number of amides is 1. The summed E-state index contributed by atoms with van der Waals surface area (Å²) in [6, 6.07) is 7.80. The van der Waals surface area contributed by atoms with Gasteiger partial charge in [-0.2, -0.15) is 5.10 Å². The van der Waals surface area contributed by atoms with Crippen LogP contribution in [0, 0.1) is 0 Å². The summed E-state index contributed by atoms with van der Waals surface area (Å²) in [7, 11) is 3.05. The largest absolute Gasteiger partial charge is 0.497 e. The van der Waals surface area contributed by atoms with Gasteiger partial charge in [0, 0.05) is 18.7 Å². The molecule has 1 aromatic heterocycles. The van der Waals surface area contributed by atoms with Crippen molar-refractivity contribution in [2.75, 3.05) is 19.5 Å². The Morgan fingerprint density at radius 1 is 1.22 bits per heavy atom. The number of aromatic nitrogens is 2. The quantitative estimate of drug-likeness (QED) is 0.880. The van der Waals surface area contributed by atoms with Crippen LogP contribution < -0.4 is 20.3 Å². The number of hydrogen-bond donors (Lipinski definition) is 1. The van der Waals surface area contributed by atoms with E-state index in [-0.39, 0.29) is 11.3 Å². The Morgan fingerprint density at radius 3 is 2.65 bits per heavy atom. The molecule has 23 heavy (non-hydrogen) atoms. The molecule has 0 bridgehead atoms. The highest BCUT2D eigenvalue weighted by atomic mass is 16.5. The summed E-state index contributed by atoms with van der Waals surface area (Å²) < 4.78 is 11.6. The van der Waals surface area contributed by atoms with Gasteiger partial charge in [0.2, 0.25) is 0 Å². The Kier molecular flexibility index (Phi) is 5.35. The van der Waals surface area contributed by atoms with Crippen LogP contribution in [0.1, 0.15) is 23.8 Å². The molecule has 1 aromatic carbocycles. The first-order valence-corrected chi connectivity index (χ1v) is 7.20. The number of ether oxygens (including phenoxy) is 2. The van der Waals surface area contributed by atoms with Gasteiger partial charge in [-0.1, -0.05) is 6.92 Å². The zero-order chi connectivity index (χ0) is 16.8. The van der Waals surface area contributed by atoms with Gasteiger partial charge >= 0.3 is 0 Å². The van der Waals surface area contributed by atoms with Gasteiger partial charge in [-0.05, 0) is 24.6 Å². The number of nitrogens with one attached hydrogen (secondary N) is 1. The fraction of sp³-hybridized carbons (Fsp3) is 0.312. The number of hydrogen-bond acceptors (Lipinski definition) is 5. The lowest BCUT2D eigenvalue weighted by molar-refractivity contribution is 0.101. The van der Waals surface area contributed by atoms with E-state index in [1.54, 1.807) is 25.3 Å². The molecular formula is C16H19N3O4. The lowest BCUT2D eigenvalue weighted by Gasteiger charge is -2.11. The lowest BCUT2D eigenvalue weighted by Crippen LogP contribution is -2.26. The van der Waals surface area contributed by atoms with E-state index in [1.165, 1.54) is 23.9 Å². The van der Waals surface area contributed by atoms with E-state index >= 15 is 0 Å². The van der Waals surface area contributed by atoms with Crippen molar-refractivity contribution in [3.8, 4) is 11.5 Å². The highest BCUT2D eigenvalue weighted by Gasteiger charge is 2.13. The molecule has 0 unspecified atom stereocenters. The molecule has 122 valence electrons. The molecule has 1 heterocycles. The number of aryl methyl sites for hydroxylation is 1. The molecule has 2 aromatic rings. The van der Waals surface area contributed by atoms with E-state index < -0.39 is 5.91 Å². The summed E-state index contributed by atoms with van der Waals surface area (Å²) in [5.74, 6) is 0.673. The molecule has 1 N–H and O–H groups in total. The molecule has 7 nitrogen and oxygen atoms in total. The van der Waals surface area contributed by atoms with Crippen molar-refractivity contribution in [3.63, 3.8) is 0 Å². The Balaban J connectivity index is 2.25. The minimum absolute atomic E-state index is 0.163. The fourth-order valence-corrected chi connectivity index (χ4v) is 2.03. The predicted molar refractivity (Wildman–Crippen MR) is 86.3 cm³/mol. The second-order valence-electron chi connectivity index (χ2n) is 4.80. The van der Waals surface area contributed by atoms with E-state index in [0.29, 0.717) is 23.7 Å². The molecule has 0 fully saturated rings. The smallest absolute Gasteiger partial charge is 0.276 e. The second kappa shape index (κ2) is 7.44. The minimum Gasteiger partial charge on any atom is -0.497 e. The molecule has 0 atom stereocenters. The topological polar surface area (TPSA) is 82.5 Å². The third-order valence-corrected chi connectivity index (χ3v) is 3.19. The number of rotatable bonds is 6. The summed E-state index contributed by atoms with van der Waals surface area (Å²) in [5.41, 5.74) is 0.426. The van der Waals surface area contributed by atoms with Crippen LogP contribution in [0.2, 0.25) is 0 Å². The first kappa shape index (κ1) is 16.5. The number of methoxy groups -OCH3 is 2. The van der Waals surface area contributed by atoms with Gasteiger partial charge in [0.1, 0.15) is 17.2 Å². The summed E-state index contributed by atoms with van der Waals surface area (Å²) >= 11 is 0. The van der Waals surface area contributed by atoms with E-state index in [9.17, 15) is 9.59 Å². The van der Waals surface area contributed by atoms with Crippen LogP contribution in [0.4, 0.5) is 5.69 Å². The van der Waals surface area contributed by atoms with Crippen LogP contribution in [0.5, 0.6) is 11.5 Å². The van der Waals surface area contributed by atoms with Gasteiger partial charge in [0.15, 0.2) is 0 Å². The molecule has 0 aliphatic carbocycles. The van der Waals surface area contributed by atoms with Gasteiger partial charge in [0.25, 0.3) is 11.5 Å². The molecular weight excluding hydrogens is 298 g/mol. The summed E-state index contributed by atoms with van der Waals surface area (Å²) in [6.07, 6.45) is 0.754. The van der Waals surface area contributed by atoms with Crippen molar-refractivity contribution in [2.45, 2.75) is 19.9 Å². The average molecular weight is 317 g/mol. The van der Waals surface area contributed by atoms with Crippen LogP contribution in [0.15, 0.2) is 35.1 Å². The maximum atomic E-state index is 12.3. The Hall–Kier alpha value is -2.83. The average Bonchev–Trinajstić information content (AvgIpc) is 2.57. The third kappa shape index (κ3) is 3.88. The minimum atomic E-state index is -0.418. The second-order valence-corrected chi connectivity index (χ2v) is 4.80. The molecule has 0 aliphatic rings. The van der Waals surface area contributed by atoms with Gasteiger partial charge < -0.3 is 14.8 Å². The van der Waals surface area contributed by atoms with Crippen molar-refractivity contribution in [1.82, 2.24) is 9.78 Å². The maximum Gasteiger partial charge on any atom is 0.276 e. The Morgan fingerprint density at radius 2 is 2.00 bits per heavy atom. The Labute approximate surface area is 133 Å². The molecule has 2 rings (SSSR count). The van der Waals surface area contributed by atoms with E-state index in [4.69, 9.17) is 9.47 Å². The molecule has 0 saturated heterocycles. The normalized spacial score (nSPS) is 10.2. The summed E-state index contributed by atoms with van der Waals surface area (Å²) in [4.78, 5) is 24.0. The highest BCUT2D eigenvalue weighted by Crippen LogP contribution is 2.29. The predicted octanol–water partition coefficient (Wildman–Crippen LogP) is 1.92. The SMILES string of the molecule is CCCn1nc(C(=O)Nc2ccc(OC)cc2OC)ccc1=O. The Bertz CT molecular complexity index is 755. The van der Waals surface area contributed by atoms with Crippen LogP contribution in [0.25, 0.3) is 0 Å². The van der Waals surface area contributed by atoms with Crippen molar-refractivity contribution in [1.29, 1.82) is 0 Å². The number of carbonyl (C=O) groups excluding carboxylic acids is 1. The molecule has 0 spiro atoms. The van der Waals surface area contributed by atoms with E-state index in [0.717, 1.165) is 6.42 Å². The molecule has 7 heteroatoms. The van der Waals surface area contributed by atoms with Gasteiger partial charge in [-0.15, -0.1) is 0 Å². The van der Waals surface area contributed by atoms with Gasteiger partial charge in [-0.3, -0.25) is 9.59 Å². The molecule has 1 amide bonds. The first-order chi connectivity index (χ1) is 11.1. The van der Waals surface area contributed by atoms with E-state index in [2.05, 4.69) is 10.4 Å².